The average molecular weight is 1030 g/mol. The Morgan fingerprint density at radius 1 is 0.653 bits per heavy atom. The van der Waals surface area contributed by atoms with Crippen LogP contribution < -0.4 is 41.4 Å². The number of ether oxygens (including phenoxy) is 4. The summed E-state index contributed by atoms with van der Waals surface area (Å²) in [4.78, 5) is 69.8. The zero-order valence-electron chi connectivity index (χ0n) is 44.5. The molecule has 16 nitrogen and oxygen atoms in total. The largest absolute Gasteiger partial charge is 0.493 e. The van der Waals surface area contributed by atoms with E-state index in [4.69, 9.17) is 24.4 Å². The van der Waals surface area contributed by atoms with Crippen LogP contribution in [-0.4, -0.2) is 92.3 Å². The van der Waals surface area contributed by atoms with Crippen LogP contribution in [0.1, 0.15) is 111 Å². The molecule has 0 radical (unpaired) electrons. The lowest BCUT2D eigenvalue weighted by atomic mass is 9.81. The van der Waals surface area contributed by atoms with Crippen molar-refractivity contribution in [1.29, 1.82) is 5.41 Å². The summed E-state index contributed by atoms with van der Waals surface area (Å²) in [6.07, 6.45) is 4.81. The number of hydrogen-bond donors (Lipinski definition) is 7. The highest BCUT2D eigenvalue weighted by molar-refractivity contribution is 6.10. The van der Waals surface area contributed by atoms with Crippen molar-refractivity contribution in [3.63, 3.8) is 0 Å². The topological polar surface area (TPSA) is 218 Å². The number of unbranched alkanes of at least 4 members (excludes halogenated alkanes) is 1. The van der Waals surface area contributed by atoms with Crippen LogP contribution in [0.25, 0.3) is 32.7 Å². The standard InChI is InChI=1S/C59H77N7O9/c1-40(2)32-37-72-48-30-28-42-22-11-13-24-44(42)51(48)52-45-25-14-12-23-43(45)29-31-49(52)73-39-50(67)64-46(26-15-18-35-63-57(71)75-58(3,4)5)53(68)65-47(27-19-36-62-56(60)61-6)54(69)66-59(33-16-8-17-34-59)55(70)74-38-41-20-9-7-10-21-41/h7,9-14,20-25,28-31,40,46-47H,8,15-19,26-27,32-39H2,1-6H3,(H,63,71)(H,64,67)(H,65,68)(H,66,69)(H3,60,61,62)/t46-,47-/m1/s1. The monoisotopic (exact) mass is 1030 g/mol. The van der Waals surface area contributed by atoms with Crippen molar-refractivity contribution in [2.75, 3.05) is 33.4 Å². The van der Waals surface area contributed by atoms with Crippen molar-refractivity contribution in [1.82, 2.24) is 31.9 Å². The third-order valence-electron chi connectivity index (χ3n) is 13.1. The summed E-state index contributed by atoms with van der Waals surface area (Å²) in [6, 6.07) is 30.9. The van der Waals surface area contributed by atoms with Crippen LogP contribution in [0.5, 0.6) is 11.5 Å². The minimum atomic E-state index is -1.31. The van der Waals surface area contributed by atoms with E-state index in [1.165, 1.54) is 0 Å². The molecule has 0 unspecified atom stereocenters. The zero-order valence-corrected chi connectivity index (χ0v) is 44.5. The Morgan fingerprint density at radius 2 is 1.24 bits per heavy atom. The van der Waals surface area contributed by atoms with E-state index < -0.39 is 59.6 Å². The van der Waals surface area contributed by atoms with E-state index >= 15 is 0 Å². The lowest BCUT2D eigenvalue weighted by molar-refractivity contribution is -0.157. The van der Waals surface area contributed by atoms with Crippen molar-refractivity contribution in [2.45, 2.75) is 135 Å². The van der Waals surface area contributed by atoms with Gasteiger partial charge in [-0.15, -0.1) is 0 Å². The molecule has 75 heavy (non-hydrogen) atoms. The van der Waals surface area contributed by atoms with Gasteiger partial charge in [-0.1, -0.05) is 124 Å². The van der Waals surface area contributed by atoms with Crippen molar-refractivity contribution in [3.05, 3.63) is 109 Å². The van der Waals surface area contributed by atoms with Crippen molar-refractivity contribution in [2.24, 2.45) is 5.92 Å². The molecule has 1 saturated carbocycles. The maximum atomic E-state index is 14.6. The van der Waals surface area contributed by atoms with Gasteiger partial charge in [-0.05, 0) is 117 Å². The Bertz CT molecular complexity index is 2720. The van der Waals surface area contributed by atoms with Gasteiger partial charge < -0.3 is 50.8 Å². The number of carbonyl (C=O) groups excluding carboxylic acids is 5. The van der Waals surface area contributed by atoms with Gasteiger partial charge in [-0.2, -0.15) is 0 Å². The number of benzene rings is 5. The molecule has 4 amide bonds. The number of amides is 4. The van der Waals surface area contributed by atoms with Gasteiger partial charge in [-0.3, -0.25) is 19.8 Å². The SMILES string of the molecule is CNC(=N)NCCC[C@@H](NC(=O)[C@@H](CCCCNC(=O)OC(C)(C)C)NC(=O)COc1ccc2ccccc2c1-c1c(OCCC(C)C)ccc2ccccc12)C(=O)NC1(C(=O)OCc2ccccc2)CCCCC1. The van der Waals surface area contributed by atoms with Gasteiger partial charge in [0.25, 0.3) is 5.91 Å². The minimum Gasteiger partial charge on any atom is -0.493 e. The van der Waals surface area contributed by atoms with Crippen molar-refractivity contribution in [3.8, 4) is 22.6 Å². The summed E-state index contributed by atoms with van der Waals surface area (Å²) < 4.78 is 24.2. The molecule has 2 atom stereocenters. The predicted molar refractivity (Wildman–Crippen MR) is 294 cm³/mol. The lowest BCUT2D eigenvalue weighted by Gasteiger charge is -2.37. The quantitative estimate of drug-likeness (QED) is 0.0127. The summed E-state index contributed by atoms with van der Waals surface area (Å²) in [7, 11) is 1.62. The third kappa shape index (κ3) is 17.1. The maximum Gasteiger partial charge on any atom is 0.407 e. The molecule has 0 aliphatic heterocycles. The van der Waals surface area contributed by atoms with E-state index in [0.717, 1.165) is 51.1 Å². The normalized spacial score (nSPS) is 14.0. The van der Waals surface area contributed by atoms with Crippen molar-refractivity contribution >= 4 is 57.3 Å². The number of nitrogens with one attached hydrogen (secondary N) is 7. The highest BCUT2D eigenvalue weighted by Gasteiger charge is 2.44. The van der Waals surface area contributed by atoms with Gasteiger partial charge in [0.2, 0.25) is 11.8 Å². The fourth-order valence-corrected chi connectivity index (χ4v) is 9.16. The van der Waals surface area contributed by atoms with Crippen LogP contribution in [0, 0.1) is 11.3 Å². The van der Waals surface area contributed by atoms with Crippen LogP contribution in [0.3, 0.4) is 0 Å². The number of esters is 1. The molecular formula is C59H77N7O9. The number of hydrogen-bond acceptors (Lipinski definition) is 10. The molecule has 402 valence electrons. The first-order valence-corrected chi connectivity index (χ1v) is 26.4. The van der Waals surface area contributed by atoms with Crippen LogP contribution in [0.4, 0.5) is 4.79 Å². The number of guanidine groups is 1. The number of alkyl carbamates (subject to hydrolysis) is 1. The van der Waals surface area contributed by atoms with E-state index in [1.54, 1.807) is 27.8 Å². The number of fused-ring (bicyclic) bond motifs is 2. The smallest absolute Gasteiger partial charge is 0.407 e. The van der Waals surface area contributed by atoms with Gasteiger partial charge >= 0.3 is 12.1 Å². The Kier molecular flexibility index (Phi) is 21.1. The van der Waals surface area contributed by atoms with Crippen LogP contribution in [0.2, 0.25) is 0 Å². The lowest BCUT2D eigenvalue weighted by Crippen LogP contribution is -2.61. The summed E-state index contributed by atoms with van der Waals surface area (Å²) >= 11 is 0. The third-order valence-corrected chi connectivity index (χ3v) is 13.1. The summed E-state index contributed by atoms with van der Waals surface area (Å²) in [5.74, 6) is -0.640. The molecule has 7 N–H and O–H groups in total. The summed E-state index contributed by atoms with van der Waals surface area (Å²) in [5, 5.41) is 29.1. The predicted octanol–water partition coefficient (Wildman–Crippen LogP) is 9.21. The van der Waals surface area contributed by atoms with Gasteiger partial charge in [0.1, 0.15) is 41.3 Å². The first-order valence-electron chi connectivity index (χ1n) is 26.4. The second-order valence-electron chi connectivity index (χ2n) is 20.6. The molecule has 0 aromatic heterocycles. The van der Waals surface area contributed by atoms with E-state index in [9.17, 15) is 24.0 Å². The molecule has 16 heteroatoms. The molecule has 1 aliphatic rings. The summed E-state index contributed by atoms with van der Waals surface area (Å²) in [6.45, 7) is 10.3. The molecule has 0 spiro atoms. The average Bonchev–Trinajstić information content (AvgIpc) is 3.40. The zero-order chi connectivity index (χ0) is 53.8. The molecule has 1 fully saturated rings. The Balaban J connectivity index is 1.25. The fourth-order valence-electron chi connectivity index (χ4n) is 9.16. The highest BCUT2D eigenvalue weighted by atomic mass is 16.6. The Hall–Kier alpha value is -7.36. The fraction of sp³-hybridized carbons (Fsp3) is 0.458. The molecule has 1 aliphatic carbocycles. The van der Waals surface area contributed by atoms with E-state index in [-0.39, 0.29) is 32.0 Å². The highest BCUT2D eigenvalue weighted by Crippen LogP contribution is 2.45. The van der Waals surface area contributed by atoms with E-state index in [0.29, 0.717) is 75.5 Å². The van der Waals surface area contributed by atoms with Gasteiger partial charge in [0, 0.05) is 31.3 Å². The number of rotatable bonds is 25. The molecule has 0 saturated heterocycles. The molecule has 0 heterocycles. The first-order chi connectivity index (χ1) is 36.1. The second kappa shape index (κ2) is 27.8. The van der Waals surface area contributed by atoms with Crippen LogP contribution >= 0.6 is 0 Å². The molecular weight excluding hydrogens is 951 g/mol. The minimum absolute atomic E-state index is 0.0399. The second-order valence-corrected chi connectivity index (χ2v) is 20.6. The molecule has 0 bridgehead atoms. The molecule has 5 aromatic rings. The Morgan fingerprint density at radius 3 is 1.87 bits per heavy atom. The van der Waals surface area contributed by atoms with Crippen LogP contribution in [0.15, 0.2) is 103 Å². The van der Waals surface area contributed by atoms with Crippen molar-refractivity contribution < 1.29 is 42.9 Å². The maximum absolute atomic E-state index is 14.6. The number of carbonyl (C=O) groups is 5. The Labute approximate surface area is 441 Å². The van der Waals surface area contributed by atoms with Gasteiger partial charge in [-0.25, -0.2) is 9.59 Å². The van der Waals surface area contributed by atoms with Gasteiger partial charge in [0.05, 0.1) is 6.61 Å². The summed E-state index contributed by atoms with van der Waals surface area (Å²) in [5.41, 5.74) is 0.421. The molecule has 6 rings (SSSR count). The van der Waals surface area contributed by atoms with Crippen LogP contribution in [-0.2, 0) is 35.3 Å². The molecule has 5 aromatic carbocycles. The van der Waals surface area contributed by atoms with E-state index in [1.807, 2.05) is 97.1 Å². The first kappa shape index (κ1) is 56.9. The van der Waals surface area contributed by atoms with E-state index in [2.05, 4.69) is 51.8 Å². The van der Waals surface area contributed by atoms with Gasteiger partial charge in [0.15, 0.2) is 12.6 Å².